The summed E-state index contributed by atoms with van der Waals surface area (Å²) in [5, 5.41) is 0. The molecule has 0 unspecified atom stereocenters. The maximum atomic E-state index is 12.4. The summed E-state index contributed by atoms with van der Waals surface area (Å²) in [6.07, 6.45) is 5.54. The normalized spacial score (nSPS) is 21.4. The van der Waals surface area contributed by atoms with E-state index in [4.69, 9.17) is 9.47 Å². The van der Waals surface area contributed by atoms with Gasteiger partial charge in [0.05, 0.1) is 23.8 Å². The number of carbonyl (C=O) groups excluding carboxylic acids is 2. The Kier molecular flexibility index (Phi) is 5.32. The van der Waals surface area contributed by atoms with E-state index >= 15 is 0 Å². The summed E-state index contributed by atoms with van der Waals surface area (Å²) >= 11 is 3.34. The van der Waals surface area contributed by atoms with E-state index < -0.39 is 5.97 Å². The van der Waals surface area contributed by atoms with Gasteiger partial charge < -0.3 is 14.4 Å². The molecule has 3 rings (SSSR count). The molecule has 0 bridgehead atoms. The standard InChI is InChI=1S/C20H20BrNO4/c1-4-25-20(24)18-12(2)22(3)17-10-9-15(11-16(17)18)26-19(23)13-5-7-14(21)8-6-13/h5-11,16-17H,4H2,1-3H3/t16-,17+/m0/s1. The van der Waals surface area contributed by atoms with Crippen LogP contribution in [0.2, 0.25) is 0 Å². The van der Waals surface area contributed by atoms with Crippen molar-refractivity contribution >= 4 is 27.9 Å². The molecule has 1 aliphatic carbocycles. The summed E-state index contributed by atoms with van der Waals surface area (Å²) in [6, 6.07) is 6.98. The Morgan fingerprint density at radius 1 is 1.19 bits per heavy atom. The topological polar surface area (TPSA) is 55.8 Å². The van der Waals surface area contributed by atoms with Crippen LogP contribution in [0.3, 0.4) is 0 Å². The molecule has 0 saturated heterocycles. The molecule has 0 N–H and O–H groups in total. The molecule has 2 atom stereocenters. The molecule has 0 saturated carbocycles. The number of hydrogen-bond acceptors (Lipinski definition) is 5. The van der Waals surface area contributed by atoms with E-state index in [1.54, 1.807) is 37.3 Å². The molecule has 0 fully saturated rings. The van der Waals surface area contributed by atoms with Crippen molar-refractivity contribution < 1.29 is 19.1 Å². The van der Waals surface area contributed by atoms with Crippen molar-refractivity contribution in [2.75, 3.05) is 13.7 Å². The van der Waals surface area contributed by atoms with Crippen LogP contribution in [0.25, 0.3) is 0 Å². The first-order chi connectivity index (χ1) is 12.4. The second-order valence-corrected chi connectivity index (χ2v) is 7.09. The second kappa shape index (κ2) is 7.50. The van der Waals surface area contributed by atoms with Crippen molar-refractivity contribution in [2.45, 2.75) is 19.9 Å². The van der Waals surface area contributed by atoms with Gasteiger partial charge in [0.15, 0.2) is 0 Å². The molecular formula is C20H20BrNO4. The van der Waals surface area contributed by atoms with E-state index in [9.17, 15) is 9.59 Å². The van der Waals surface area contributed by atoms with Gasteiger partial charge in [-0.1, -0.05) is 22.0 Å². The second-order valence-electron chi connectivity index (χ2n) is 6.17. The van der Waals surface area contributed by atoms with Gasteiger partial charge in [-0.05, 0) is 50.3 Å². The lowest BCUT2D eigenvalue weighted by atomic mass is 9.90. The highest BCUT2D eigenvalue weighted by Crippen LogP contribution is 2.38. The highest BCUT2D eigenvalue weighted by molar-refractivity contribution is 9.10. The summed E-state index contributed by atoms with van der Waals surface area (Å²) in [4.78, 5) is 26.7. The lowest BCUT2D eigenvalue weighted by Crippen LogP contribution is -2.30. The van der Waals surface area contributed by atoms with E-state index in [1.807, 2.05) is 31.0 Å². The zero-order valence-electron chi connectivity index (χ0n) is 14.9. The van der Waals surface area contributed by atoms with Gasteiger partial charge in [-0.3, -0.25) is 0 Å². The Morgan fingerprint density at radius 3 is 2.54 bits per heavy atom. The Labute approximate surface area is 161 Å². The zero-order chi connectivity index (χ0) is 18.8. The smallest absolute Gasteiger partial charge is 0.343 e. The number of nitrogens with zero attached hydrogens (tertiary/aromatic N) is 1. The number of ether oxygens (including phenoxy) is 2. The maximum Gasteiger partial charge on any atom is 0.343 e. The first-order valence-corrected chi connectivity index (χ1v) is 9.20. The van der Waals surface area contributed by atoms with Crippen LogP contribution in [0, 0.1) is 5.92 Å². The molecule has 6 heteroatoms. The van der Waals surface area contributed by atoms with Gasteiger partial charge in [0.1, 0.15) is 5.76 Å². The van der Waals surface area contributed by atoms with Crippen LogP contribution in [-0.2, 0) is 14.3 Å². The maximum absolute atomic E-state index is 12.4. The zero-order valence-corrected chi connectivity index (χ0v) is 16.4. The third-order valence-electron chi connectivity index (χ3n) is 4.65. The summed E-state index contributed by atoms with van der Waals surface area (Å²) in [6.45, 7) is 4.01. The average Bonchev–Trinajstić information content (AvgIpc) is 2.86. The number of benzene rings is 1. The first-order valence-electron chi connectivity index (χ1n) is 8.41. The van der Waals surface area contributed by atoms with Crippen molar-refractivity contribution in [3.8, 4) is 0 Å². The fraction of sp³-hybridized carbons (Fsp3) is 0.300. The third-order valence-corrected chi connectivity index (χ3v) is 5.18. The molecule has 0 aromatic heterocycles. The molecule has 0 amide bonds. The van der Waals surface area contributed by atoms with Crippen LogP contribution in [0.15, 0.2) is 64.0 Å². The van der Waals surface area contributed by atoms with Crippen molar-refractivity contribution in [3.63, 3.8) is 0 Å². The number of hydrogen-bond donors (Lipinski definition) is 0. The average molecular weight is 418 g/mol. The minimum absolute atomic E-state index is 0.0181. The van der Waals surface area contributed by atoms with Crippen LogP contribution < -0.4 is 0 Å². The number of esters is 2. The number of allylic oxidation sites excluding steroid dienone is 2. The van der Waals surface area contributed by atoms with Gasteiger partial charge in [-0.15, -0.1) is 0 Å². The third kappa shape index (κ3) is 3.46. The van der Waals surface area contributed by atoms with Crippen molar-refractivity contribution in [2.24, 2.45) is 5.92 Å². The van der Waals surface area contributed by atoms with Gasteiger partial charge in [-0.25, -0.2) is 9.59 Å². The largest absolute Gasteiger partial charge is 0.463 e. The molecular weight excluding hydrogens is 398 g/mol. The van der Waals surface area contributed by atoms with Crippen molar-refractivity contribution in [1.82, 2.24) is 4.90 Å². The number of halogens is 1. The number of rotatable bonds is 4. The molecule has 1 heterocycles. The van der Waals surface area contributed by atoms with E-state index in [1.165, 1.54) is 0 Å². The summed E-state index contributed by atoms with van der Waals surface area (Å²) in [7, 11) is 1.94. The highest BCUT2D eigenvalue weighted by Gasteiger charge is 2.40. The molecule has 1 aliphatic heterocycles. The van der Waals surface area contributed by atoms with E-state index in [2.05, 4.69) is 15.9 Å². The molecule has 136 valence electrons. The van der Waals surface area contributed by atoms with Gasteiger partial charge in [-0.2, -0.15) is 0 Å². The quantitative estimate of drug-likeness (QED) is 0.696. The predicted octanol–water partition coefficient (Wildman–Crippen LogP) is 3.83. The molecule has 0 spiro atoms. The monoisotopic (exact) mass is 417 g/mol. The van der Waals surface area contributed by atoms with E-state index in [0.29, 0.717) is 23.5 Å². The lowest BCUT2D eigenvalue weighted by molar-refractivity contribution is -0.138. The summed E-state index contributed by atoms with van der Waals surface area (Å²) < 4.78 is 11.6. The Morgan fingerprint density at radius 2 is 1.88 bits per heavy atom. The van der Waals surface area contributed by atoms with Crippen LogP contribution >= 0.6 is 15.9 Å². The number of carbonyl (C=O) groups is 2. The minimum atomic E-state index is -0.434. The predicted molar refractivity (Wildman–Crippen MR) is 101 cm³/mol. The molecule has 1 aromatic carbocycles. The number of likely N-dealkylation sites (N-methyl/N-ethyl adjacent to an activating group) is 1. The van der Waals surface area contributed by atoms with Gasteiger partial charge >= 0.3 is 11.9 Å². The molecule has 0 radical (unpaired) electrons. The van der Waals surface area contributed by atoms with Gasteiger partial charge in [0, 0.05) is 23.1 Å². The van der Waals surface area contributed by atoms with Gasteiger partial charge in [0.2, 0.25) is 0 Å². The van der Waals surface area contributed by atoms with Crippen molar-refractivity contribution in [1.29, 1.82) is 0 Å². The molecule has 1 aromatic rings. The van der Waals surface area contributed by atoms with Crippen LogP contribution in [0.5, 0.6) is 0 Å². The summed E-state index contributed by atoms with van der Waals surface area (Å²) in [5.74, 6) is -0.521. The lowest BCUT2D eigenvalue weighted by Gasteiger charge is -2.26. The first kappa shape index (κ1) is 18.5. The molecule has 26 heavy (non-hydrogen) atoms. The minimum Gasteiger partial charge on any atom is -0.463 e. The van der Waals surface area contributed by atoms with Crippen LogP contribution in [0.4, 0.5) is 0 Å². The van der Waals surface area contributed by atoms with Crippen LogP contribution in [-0.4, -0.2) is 36.5 Å². The Hall–Kier alpha value is -2.34. The fourth-order valence-corrected chi connectivity index (χ4v) is 3.50. The Balaban J connectivity index is 1.82. The summed E-state index contributed by atoms with van der Waals surface area (Å²) in [5.41, 5.74) is 1.95. The van der Waals surface area contributed by atoms with E-state index in [-0.39, 0.29) is 17.9 Å². The number of fused-ring (bicyclic) bond motifs is 1. The SMILES string of the molecule is CCOC(=O)C1=C(C)N(C)[C@@H]2C=CC(OC(=O)c3ccc(Br)cc3)=C[C@H]12. The Bertz CT molecular complexity index is 823. The van der Waals surface area contributed by atoms with Crippen molar-refractivity contribution in [3.05, 3.63) is 69.6 Å². The van der Waals surface area contributed by atoms with Gasteiger partial charge in [0.25, 0.3) is 0 Å². The highest BCUT2D eigenvalue weighted by atomic mass is 79.9. The van der Waals surface area contributed by atoms with Crippen LogP contribution in [0.1, 0.15) is 24.2 Å². The van der Waals surface area contributed by atoms with E-state index in [0.717, 1.165) is 10.2 Å². The fourth-order valence-electron chi connectivity index (χ4n) is 3.24. The molecule has 2 aliphatic rings. The molecule has 5 nitrogen and oxygen atoms in total.